The Labute approximate surface area is 184 Å². The van der Waals surface area contributed by atoms with Crippen molar-refractivity contribution in [2.24, 2.45) is 0 Å². The maximum Gasteiger partial charge on any atom is 0.327 e. The van der Waals surface area contributed by atoms with Crippen LogP contribution in [0.5, 0.6) is 0 Å². The quantitative estimate of drug-likeness (QED) is 0.727. The zero-order chi connectivity index (χ0) is 22.0. The Balaban J connectivity index is 1.36. The molecular weight excluding hydrogens is 394 g/mol. The van der Waals surface area contributed by atoms with E-state index in [1.807, 2.05) is 18.2 Å². The summed E-state index contributed by atoms with van der Waals surface area (Å²) in [5.74, 6) is -0.571. The molecular formula is C23H33N5O3. The van der Waals surface area contributed by atoms with Crippen LogP contribution in [-0.2, 0) is 16.1 Å². The number of carbonyl (C=O) groups excluding carboxylic acids is 3. The summed E-state index contributed by atoms with van der Waals surface area (Å²) in [7, 11) is 3.82. The highest BCUT2D eigenvalue weighted by Crippen LogP contribution is 2.39. The van der Waals surface area contributed by atoms with Crippen molar-refractivity contribution in [1.82, 2.24) is 19.6 Å². The number of hydrogen-bond donors (Lipinski definition) is 1. The van der Waals surface area contributed by atoms with E-state index in [9.17, 15) is 14.4 Å². The molecule has 1 N–H and O–H groups in total. The van der Waals surface area contributed by atoms with Crippen LogP contribution in [0.15, 0.2) is 24.3 Å². The van der Waals surface area contributed by atoms with Crippen LogP contribution in [0.1, 0.15) is 37.7 Å². The maximum absolute atomic E-state index is 13.1. The van der Waals surface area contributed by atoms with Gasteiger partial charge in [-0.15, -0.1) is 0 Å². The largest absolute Gasteiger partial charge is 0.327 e. The van der Waals surface area contributed by atoms with Gasteiger partial charge in [0.15, 0.2) is 0 Å². The third kappa shape index (κ3) is 4.45. The van der Waals surface area contributed by atoms with Crippen LogP contribution < -0.4 is 5.32 Å². The molecule has 4 amide bonds. The molecule has 0 aromatic heterocycles. The topological polar surface area (TPSA) is 76.2 Å². The molecule has 31 heavy (non-hydrogen) atoms. The van der Waals surface area contributed by atoms with Gasteiger partial charge in [-0.05, 0) is 37.6 Å². The van der Waals surface area contributed by atoms with Crippen molar-refractivity contribution in [3.8, 4) is 0 Å². The van der Waals surface area contributed by atoms with E-state index >= 15 is 0 Å². The molecule has 4 rings (SSSR count). The summed E-state index contributed by atoms with van der Waals surface area (Å²) < 4.78 is 0. The van der Waals surface area contributed by atoms with Crippen molar-refractivity contribution in [3.05, 3.63) is 29.8 Å². The number of imide groups is 1. The van der Waals surface area contributed by atoms with E-state index in [1.54, 1.807) is 11.9 Å². The van der Waals surface area contributed by atoms with Gasteiger partial charge in [-0.25, -0.2) is 4.79 Å². The van der Waals surface area contributed by atoms with Crippen LogP contribution in [0, 0.1) is 0 Å². The third-order valence-electron chi connectivity index (χ3n) is 7.00. The first-order chi connectivity index (χ1) is 14.9. The number of anilines is 1. The first-order valence-corrected chi connectivity index (χ1v) is 11.3. The Kier molecular flexibility index (Phi) is 6.29. The highest BCUT2D eigenvalue weighted by molar-refractivity contribution is 6.10. The van der Waals surface area contributed by atoms with Crippen molar-refractivity contribution in [3.63, 3.8) is 0 Å². The zero-order valence-electron chi connectivity index (χ0n) is 18.6. The van der Waals surface area contributed by atoms with Gasteiger partial charge in [0.1, 0.15) is 12.1 Å². The maximum atomic E-state index is 13.1. The summed E-state index contributed by atoms with van der Waals surface area (Å²) in [5.41, 5.74) is 1.07. The van der Waals surface area contributed by atoms with E-state index in [0.29, 0.717) is 18.5 Å². The number of carbonyl (C=O) groups is 3. The van der Waals surface area contributed by atoms with Gasteiger partial charge in [0, 0.05) is 45.5 Å². The van der Waals surface area contributed by atoms with E-state index in [2.05, 4.69) is 28.2 Å². The van der Waals surface area contributed by atoms with Gasteiger partial charge in [0.05, 0.1) is 0 Å². The van der Waals surface area contributed by atoms with E-state index in [0.717, 1.165) is 62.4 Å². The van der Waals surface area contributed by atoms with Crippen LogP contribution in [-0.4, -0.2) is 89.8 Å². The molecule has 0 radical (unpaired) electrons. The Morgan fingerprint density at radius 3 is 2.45 bits per heavy atom. The number of nitrogens with zero attached hydrogens (tertiary/aromatic N) is 4. The monoisotopic (exact) mass is 427 g/mol. The van der Waals surface area contributed by atoms with Crippen LogP contribution in [0.2, 0.25) is 0 Å². The first-order valence-electron chi connectivity index (χ1n) is 11.3. The minimum Gasteiger partial charge on any atom is -0.325 e. The van der Waals surface area contributed by atoms with Crippen molar-refractivity contribution < 1.29 is 14.4 Å². The molecule has 1 aromatic carbocycles. The molecule has 2 heterocycles. The normalized spacial score (nSPS) is 22.4. The minimum absolute atomic E-state index is 0.223. The number of piperazine rings is 1. The molecule has 0 bridgehead atoms. The smallest absolute Gasteiger partial charge is 0.325 e. The number of likely N-dealkylation sites (N-methyl/N-ethyl adjacent to an activating group) is 2. The summed E-state index contributed by atoms with van der Waals surface area (Å²) in [6, 6.07) is 7.43. The number of rotatable bonds is 5. The summed E-state index contributed by atoms with van der Waals surface area (Å²) in [4.78, 5) is 45.9. The standard InChI is InChI=1S/C23H33N5O3/c1-25-11-13-27(14-12-25)16-18-7-6-8-19(15-18)24-20(29)17-28-21(30)23(26(2)22(28)31)9-4-3-5-10-23/h6-8,15H,3-5,9-14,16-17H2,1-2H3,(H,24,29). The van der Waals surface area contributed by atoms with Crippen LogP contribution in [0.4, 0.5) is 10.5 Å². The molecule has 8 nitrogen and oxygen atoms in total. The molecule has 168 valence electrons. The first kappa shape index (κ1) is 21.8. The molecule has 1 saturated carbocycles. The van der Waals surface area contributed by atoms with Crippen molar-refractivity contribution in [2.75, 3.05) is 52.1 Å². The molecule has 0 atom stereocenters. The number of urea groups is 1. The fourth-order valence-corrected chi connectivity index (χ4v) is 5.03. The van der Waals surface area contributed by atoms with Gasteiger partial charge < -0.3 is 15.1 Å². The Hall–Kier alpha value is -2.45. The van der Waals surface area contributed by atoms with Gasteiger partial charge in [0.25, 0.3) is 5.91 Å². The van der Waals surface area contributed by atoms with Crippen LogP contribution >= 0.6 is 0 Å². The summed E-state index contributed by atoms with van der Waals surface area (Å²) >= 11 is 0. The molecule has 1 aliphatic carbocycles. The van der Waals surface area contributed by atoms with Crippen molar-refractivity contribution >= 4 is 23.5 Å². The number of hydrogen-bond acceptors (Lipinski definition) is 5. The second-order valence-corrected chi connectivity index (χ2v) is 9.15. The molecule has 2 aliphatic heterocycles. The van der Waals surface area contributed by atoms with Crippen LogP contribution in [0.3, 0.4) is 0 Å². The second-order valence-electron chi connectivity index (χ2n) is 9.15. The SMILES string of the molecule is CN1CCN(Cc2cccc(NC(=O)CN3C(=O)N(C)C4(CCCCC4)C3=O)c2)CC1. The average molecular weight is 428 g/mol. The molecule has 8 heteroatoms. The third-order valence-corrected chi connectivity index (χ3v) is 7.00. The van der Waals surface area contributed by atoms with E-state index in [-0.39, 0.29) is 24.4 Å². The van der Waals surface area contributed by atoms with Crippen molar-refractivity contribution in [2.45, 2.75) is 44.2 Å². The lowest BCUT2D eigenvalue weighted by molar-refractivity contribution is -0.136. The van der Waals surface area contributed by atoms with Crippen molar-refractivity contribution in [1.29, 1.82) is 0 Å². The second kappa shape index (κ2) is 8.96. The molecule has 1 aromatic rings. The highest BCUT2D eigenvalue weighted by Gasteiger charge is 2.55. The van der Waals surface area contributed by atoms with Gasteiger partial charge in [0.2, 0.25) is 5.91 Å². The van der Waals surface area contributed by atoms with Gasteiger partial charge in [-0.2, -0.15) is 0 Å². The molecule has 3 aliphatic rings. The zero-order valence-corrected chi connectivity index (χ0v) is 18.6. The Morgan fingerprint density at radius 2 is 1.74 bits per heavy atom. The highest BCUT2D eigenvalue weighted by atomic mass is 16.2. The fourth-order valence-electron chi connectivity index (χ4n) is 5.03. The number of benzene rings is 1. The average Bonchev–Trinajstić information content (AvgIpc) is 2.92. The summed E-state index contributed by atoms with van der Waals surface area (Å²) in [6.45, 7) is 4.78. The van der Waals surface area contributed by atoms with Gasteiger partial charge in [-0.3, -0.25) is 19.4 Å². The Bertz CT molecular complexity index is 843. The summed E-state index contributed by atoms with van der Waals surface area (Å²) in [6.07, 6.45) is 4.32. The van der Waals surface area contributed by atoms with E-state index < -0.39 is 5.54 Å². The van der Waals surface area contributed by atoms with Crippen LogP contribution in [0.25, 0.3) is 0 Å². The predicted molar refractivity (Wildman–Crippen MR) is 119 cm³/mol. The lowest BCUT2D eigenvalue weighted by atomic mass is 9.81. The van der Waals surface area contributed by atoms with E-state index in [1.165, 1.54) is 0 Å². The van der Waals surface area contributed by atoms with E-state index in [4.69, 9.17) is 0 Å². The minimum atomic E-state index is -0.752. The molecule has 1 spiro atoms. The van der Waals surface area contributed by atoms with Gasteiger partial charge >= 0.3 is 6.03 Å². The lowest BCUT2D eigenvalue weighted by Crippen LogP contribution is -2.49. The lowest BCUT2D eigenvalue weighted by Gasteiger charge is -2.35. The van der Waals surface area contributed by atoms with Gasteiger partial charge in [-0.1, -0.05) is 31.4 Å². The predicted octanol–water partition coefficient (Wildman–Crippen LogP) is 1.97. The molecule has 2 saturated heterocycles. The number of amides is 4. The fraction of sp³-hybridized carbons (Fsp3) is 0.609. The molecule has 3 fully saturated rings. The molecule has 0 unspecified atom stereocenters. The number of nitrogens with one attached hydrogen (secondary N) is 1. The summed E-state index contributed by atoms with van der Waals surface area (Å²) in [5, 5.41) is 2.87. The Morgan fingerprint density at radius 1 is 1.03 bits per heavy atom.